The second-order valence-electron chi connectivity index (χ2n) is 3.00. The number of methoxy groups -OCH3 is 1. The lowest BCUT2D eigenvalue weighted by molar-refractivity contribution is 0.194. The van der Waals surface area contributed by atoms with Crippen LogP contribution in [-0.4, -0.2) is 30.0 Å². The summed E-state index contributed by atoms with van der Waals surface area (Å²) in [5.41, 5.74) is 1.08. The number of ether oxygens (including phenoxy) is 1. The molecule has 0 fully saturated rings. The Morgan fingerprint density at radius 2 is 2.36 bits per heavy atom. The Labute approximate surface area is 91.0 Å². The molecule has 5 heteroatoms. The molecule has 1 aromatic rings. The second-order valence-corrected chi connectivity index (χ2v) is 3.00. The molecule has 0 aliphatic heterocycles. The molecule has 1 rings (SSSR count). The summed E-state index contributed by atoms with van der Waals surface area (Å²) in [7, 11) is 3.65. The molecule has 0 bridgehead atoms. The summed E-state index contributed by atoms with van der Waals surface area (Å²) >= 11 is 0. The minimum atomic E-state index is 0. The van der Waals surface area contributed by atoms with Crippen molar-refractivity contribution in [2.75, 3.05) is 20.3 Å². The summed E-state index contributed by atoms with van der Waals surface area (Å²) in [5, 5.41) is 7.55. The van der Waals surface area contributed by atoms with Gasteiger partial charge in [-0.1, -0.05) is 0 Å². The third-order valence-electron chi connectivity index (χ3n) is 1.78. The summed E-state index contributed by atoms with van der Waals surface area (Å²) in [6.07, 6.45) is 3.00. The summed E-state index contributed by atoms with van der Waals surface area (Å²) < 4.78 is 6.75. The van der Waals surface area contributed by atoms with Crippen molar-refractivity contribution >= 4 is 12.4 Å². The fraction of sp³-hybridized carbons (Fsp3) is 0.667. The Morgan fingerprint density at radius 3 is 2.93 bits per heavy atom. The van der Waals surface area contributed by atoms with Crippen molar-refractivity contribution in [3.8, 4) is 0 Å². The van der Waals surface area contributed by atoms with Crippen molar-refractivity contribution < 1.29 is 4.74 Å². The van der Waals surface area contributed by atoms with Crippen LogP contribution < -0.4 is 5.32 Å². The van der Waals surface area contributed by atoms with E-state index in [1.165, 1.54) is 0 Å². The highest BCUT2D eigenvalue weighted by atomic mass is 35.5. The Balaban J connectivity index is 0.00000169. The van der Waals surface area contributed by atoms with E-state index in [0.717, 1.165) is 31.8 Å². The largest absolute Gasteiger partial charge is 0.385 e. The average molecular weight is 220 g/mol. The zero-order valence-corrected chi connectivity index (χ0v) is 9.51. The van der Waals surface area contributed by atoms with Crippen LogP contribution in [0.5, 0.6) is 0 Å². The Bertz CT molecular complexity index is 240. The Morgan fingerprint density at radius 1 is 1.57 bits per heavy atom. The van der Waals surface area contributed by atoms with Gasteiger partial charge in [-0.25, -0.2) is 0 Å². The first-order chi connectivity index (χ1) is 6.33. The van der Waals surface area contributed by atoms with E-state index in [9.17, 15) is 0 Å². The fourth-order valence-corrected chi connectivity index (χ4v) is 1.12. The molecular formula is C9H18ClN3O. The minimum absolute atomic E-state index is 0. The van der Waals surface area contributed by atoms with Gasteiger partial charge in [-0.05, 0) is 19.0 Å². The van der Waals surface area contributed by atoms with E-state index in [1.54, 1.807) is 7.11 Å². The van der Waals surface area contributed by atoms with Crippen molar-refractivity contribution in [3.63, 3.8) is 0 Å². The molecule has 0 aromatic carbocycles. The number of nitrogens with zero attached hydrogens (tertiary/aromatic N) is 2. The van der Waals surface area contributed by atoms with Gasteiger partial charge in [-0.2, -0.15) is 5.10 Å². The number of hydrogen-bond donors (Lipinski definition) is 1. The maximum atomic E-state index is 4.94. The zero-order valence-electron chi connectivity index (χ0n) is 8.69. The SMILES string of the molecule is COCCCNCc1ccn(C)n1.Cl. The number of rotatable bonds is 6. The van der Waals surface area contributed by atoms with Gasteiger partial charge >= 0.3 is 0 Å². The van der Waals surface area contributed by atoms with Crippen LogP contribution in [0.15, 0.2) is 12.3 Å². The molecule has 0 aliphatic rings. The highest BCUT2D eigenvalue weighted by Gasteiger charge is 1.94. The van der Waals surface area contributed by atoms with Crippen molar-refractivity contribution in [3.05, 3.63) is 18.0 Å². The normalized spacial score (nSPS) is 9.86. The quantitative estimate of drug-likeness (QED) is 0.725. The van der Waals surface area contributed by atoms with Gasteiger partial charge in [0.25, 0.3) is 0 Å². The van der Waals surface area contributed by atoms with Crippen LogP contribution in [0.4, 0.5) is 0 Å². The molecule has 0 amide bonds. The number of aromatic nitrogens is 2. The molecular weight excluding hydrogens is 202 g/mol. The highest BCUT2D eigenvalue weighted by molar-refractivity contribution is 5.85. The summed E-state index contributed by atoms with van der Waals surface area (Å²) in [5.74, 6) is 0. The first-order valence-corrected chi connectivity index (χ1v) is 4.51. The van der Waals surface area contributed by atoms with Gasteiger partial charge in [-0.3, -0.25) is 4.68 Å². The van der Waals surface area contributed by atoms with Crippen LogP contribution in [0.3, 0.4) is 0 Å². The van der Waals surface area contributed by atoms with E-state index >= 15 is 0 Å². The van der Waals surface area contributed by atoms with E-state index in [1.807, 2.05) is 24.0 Å². The maximum Gasteiger partial charge on any atom is 0.0762 e. The topological polar surface area (TPSA) is 39.1 Å². The van der Waals surface area contributed by atoms with Gasteiger partial charge in [0.2, 0.25) is 0 Å². The van der Waals surface area contributed by atoms with E-state index in [-0.39, 0.29) is 12.4 Å². The Kier molecular flexibility index (Phi) is 7.47. The van der Waals surface area contributed by atoms with E-state index < -0.39 is 0 Å². The predicted octanol–water partition coefficient (Wildman–Crippen LogP) is 0.968. The van der Waals surface area contributed by atoms with E-state index in [4.69, 9.17) is 4.74 Å². The van der Waals surface area contributed by atoms with Crippen LogP contribution in [0.25, 0.3) is 0 Å². The highest BCUT2D eigenvalue weighted by Crippen LogP contribution is 1.92. The lowest BCUT2D eigenvalue weighted by Gasteiger charge is -2.01. The maximum absolute atomic E-state index is 4.94. The number of nitrogens with one attached hydrogen (secondary N) is 1. The summed E-state index contributed by atoms with van der Waals surface area (Å²) in [6, 6.07) is 2.02. The number of aryl methyl sites for hydroxylation is 1. The Hall–Kier alpha value is -0.580. The van der Waals surface area contributed by atoms with Crippen LogP contribution >= 0.6 is 12.4 Å². The molecule has 0 saturated carbocycles. The zero-order chi connectivity index (χ0) is 9.52. The standard InChI is InChI=1S/C9H17N3O.ClH/c1-12-6-4-9(11-12)8-10-5-3-7-13-2;/h4,6,10H,3,5,7-8H2,1-2H3;1H. The van der Waals surface area contributed by atoms with Crippen molar-refractivity contribution in [2.24, 2.45) is 7.05 Å². The van der Waals surface area contributed by atoms with Gasteiger partial charge in [0.05, 0.1) is 5.69 Å². The molecule has 0 spiro atoms. The molecule has 14 heavy (non-hydrogen) atoms. The fourth-order valence-electron chi connectivity index (χ4n) is 1.12. The smallest absolute Gasteiger partial charge is 0.0762 e. The molecule has 1 N–H and O–H groups in total. The van der Waals surface area contributed by atoms with Gasteiger partial charge in [0.15, 0.2) is 0 Å². The summed E-state index contributed by atoms with van der Waals surface area (Å²) in [6.45, 7) is 2.63. The molecule has 1 heterocycles. The monoisotopic (exact) mass is 219 g/mol. The van der Waals surface area contributed by atoms with Crippen molar-refractivity contribution in [2.45, 2.75) is 13.0 Å². The van der Waals surface area contributed by atoms with Crippen LogP contribution in [-0.2, 0) is 18.3 Å². The lowest BCUT2D eigenvalue weighted by Crippen LogP contribution is -2.16. The van der Waals surface area contributed by atoms with Crippen LogP contribution in [0.2, 0.25) is 0 Å². The molecule has 0 saturated heterocycles. The van der Waals surface area contributed by atoms with Crippen LogP contribution in [0.1, 0.15) is 12.1 Å². The predicted molar refractivity (Wildman–Crippen MR) is 58.7 cm³/mol. The average Bonchev–Trinajstić information content (AvgIpc) is 2.51. The molecule has 0 unspecified atom stereocenters. The molecule has 1 aromatic heterocycles. The third kappa shape index (κ3) is 5.21. The molecule has 0 aliphatic carbocycles. The van der Waals surface area contributed by atoms with Crippen molar-refractivity contribution in [1.82, 2.24) is 15.1 Å². The third-order valence-corrected chi connectivity index (χ3v) is 1.78. The van der Waals surface area contributed by atoms with Gasteiger partial charge < -0.3 is 10.1 Å². The van der Waals surface area contributed by atoms with E-state index in [2.05, 4.69) is 10.4 Å². The lowest BCUT2D eigenvalue weighted by atomic mass is 10.4. The first kappa shape index (κ1) is 13.4. The van der Waals surface area contributed by atoms with E-state index in [0.29, 0.717) is 0 Å². The second kappa shape index (κ2) is 7.79. The van der Waals surface area contributed by atoms with Gasteiger partial charge in [0, 0.05) is 33.5 Å². The number of hydrogen-bond acceptors (Lipinski definition) is 3. The summed E-state index contributed by atoms with van der Waals surface area (Å²) in [4.78, 5) is 0. The van der Waals surface area contributed by atoms with Gasteiger partial charge in [0.1, 0.15) is 0 Å². The first-order valence-electron chi connectivity index (χ1n) is 4.51. The van der Waals surface area contributed by atoms with Crippen molar-refractivity contribution in [1.29, 1.82) is 0 Å². The molecule has 0 atom stereocenters. The molecule has 4 nitrogen and oxygen atoms in total. The minimum Gasteiger partial charge on any atom is -0.385 e. The number of halogens is 1. The molecule has 82 valence electrons. The van der Waals surface area contributed by atoms with Gasteiger partial charge in [-0.15, -0.1) is 12.4 Å². The molecule has 0 radical (unpaired) electrons. The van der Waals surface area contributed by atoms with Crippen LogP contribution in [0, 0.1) is 0 Å².